The average molecular weight is 517 g/mol. The molecule has 1 fully saturated rings. The summed E-state index contributed by atoms with van der Waals surface area (Å²) in [7, 11) is 0. The van der Waals surface area contributed by atoms with Gasteiger partial charge in [-0.3, -0.25) is 14.8 Å². The molecule has 0 saturated carbocycles. The number of hydrogen-bond donors (Lipinski definition) is 2. The van der Waals surface area contributed by atoms with Gasteiger partial charge in [-0.05, 0) is 37.1 Å². The molecule has 5 rings (SSSR count). The molecule has 6 nitrogen and oxygen atoms in total. The van der Waals surface area contributed by atoms with Crippen LogP contribution in [0.15, 0.2) is 72.8 Å². The van der Waals surface area contributed by atoms with Crippen molar-refractivity contribution in [1.29, 1.82) is 5.41 Å². The smallest absolute Gasteiger partial charge is 0.246 e. The van der Waals surface area contributed by atoms with Crippen LogP contribution in [0.1, 0.15) is 28.3 Å². The molecule has 37 heavy (non-hydrogen) atoms. The number of imidazole rings is 1. The molecule has 1 aromatic heterocycles. The van der Waals surface area contributed by atoms with E-state index in [0.717, 1.165) is 27.7 Å². The van der Waals surface area contributed by atoms with Crippen molar-refractivity contribution in [2.75, 3.05) is 25.6 Å². The molecular formula is C30H33ClN4O2. The van der Waals surface area contributed by atoms with Crippen molar-refractivity contribution in [3.63, 3.8) is 0 Å². The lowest BCUT2D eigenvalue weighted by Gasteiger charge is -2.49. The fourth-order valence-electron chi connectivity index (χ4n) is 5.20. The summed E-state index contributed by atoms with van der Waals surface area (Å²) in [6.07, 6.45) is 0.470. The Morgan fingerprint density at radius 3 is 2.08 bits per heavy atom. The lowest BCUT2D eigenvalue weighted by atomic mass is 9.82. The van der Waals surface area contributed by atoms with Gasteiger partial charge in [-0.1, -0.05) is 71.8 Å². The highest BCUT2D eigenvalue weighted by Crippen LogP contribution is 2.34. The summed E-state index contributed by atoms with van der Waals surface area (Å²) in [5.74, 6) is 0.259. The molecular weight excluding hydrogens is 484 g/mol. The number of amides is 1. The number of para-hydroxylation sites is 2. The van der Waals surface area contributed by atoms with Crippen molar-refractivity contribution in [2.45, 2.75) is 32.9 Å². The maximum Gasteiger partial charge on any atom is 0.246 e. The highest BCUT2D eigenvalue weighted by molar-refractivity contribution is 6.18. The fraction of sp³-hybridized carbons (Fsp3) is 0.333. The van der Waals surface area contributed by atoms with Gasteiger partial charge in [0.05, 0.1) is 24.2 Å². The molecule has 1 aliphatic rings. The predicted molar refractivity (Wildman–Crippen MR) is 147 cm³/mol. The third kappa shape index (κ3) is 4.83. The van der Waals surface area contributed by atoms with Crippen LogP contribution in [0.4, 0.5) is 0 Å². The Morgan fingerprint density at radius 2 is 1.51 bits per heavy atom. The van der Waals surface area contributed by atoms with E-state index in [2.05, 4.69) is 55.5 Å². The minimum Gasteiger partial charge on any atom is -0.396 e. The quantitative estimate of drug-likeness (QED) is 0.340. The number of aromatic nitrogens is 2. The van der Waals surface area contributed by atoms with Gasteiger partial charge in [-0.2, -0.15) is 0 Å². The van der Waals surface area contributed by atoms with Crippen LogP contribution < -0.4 is 5.62 Å². The molecule has 7 heteroatoms. The Morgan fingerprint density at radius 1 is 0.946 bits per heavy atom. The van der Waals surface area contributed by atoms with Crippen LogP contribution in [0.5, 0.6) is 0 Å². The highest BCUT2D eigenvalue weighted by atomic mass is 35.5. The van der Waals surface area contributed by atoms with Gasteiger partial charge in [0.15, 0.2) is 0 Å². The molecule has 1 atom stereocenters. The zero-order valence-electron chi connectivity index (χ0n) is 21.3. The molecule has 4 aromatic rings. The number of rotatable bonds is 8. The van der Waals surface area contributed by atoms with Crippen LogP contribution >= 0.6 is 11.6 Å². The van der Waals surface area contributed by atoms with Gasteiger partial charge < -0.3 is 14.6 Å². The summed E-state index contributed by atoms with van der Waals surface area (Å²) >= 11 is 6.13. The van der Waals surface area contributed by atoms with E-state index in [1.54, 1.807) is 4.90 Å². The van der Waals surface area contributed by atoms with E-state index >= 15 is 0 Å². The van der Waals surface area contributed by atoms with Gasteiger partial charge in [-0.15, -0.1) is 11.6 Å². The average Bonchev–Trinajstić information content (AvgIpc) is 3.16. The van der Waals surface area contributed by atoms with Crippen molar-refractivity contribution >= 4 is 28.5 Å². The summed E-state index contributed by atoms with van der Waals surface area (Å²) in [5.41, 5.74) is 6.12. The van der Waals surface area contributed by atoms with Gasteiger partial charge in [0.2, 0.25) is 11.5 Å². The standard InChI is InChI=1S/C30H33ClN4O2/c1-21-7-11-23(12-8-21)15-27(28(37)33-18-30(17-31,19-33)20-36)35-26-6-4-3-5-25(26)34(29(35)32)16-24-13-9-22(2)10-14-24/h3-14,27,32,36H,15-20H2,1-2H3/t27-/m0/s1. The second-order valence-corrected chi connectivity index (χ2v) is 10.7. The van der Waals surface area contributed by atoms with Crippen molar-refractivity contribution < 1.29 is 9.90 Å². The Balaban J connectivity index is 1.58. The number of benzene rings is 3. The predicted octanol–water partition coefficient (Wildman–Crippen LogP) is 4.43. The lowest BCUT2D eigenvalue weighted by molar-refractivity contribution is -0.148. The van der Waals surface area contributed by atoms with Gasteiger partial charge in [0, 0.05) is 30.8 Å². The number of nitrogens with zero attached hydrogens (tertiary/aromatic N) is 3. The molecule has 1 saturated heterocycles. The summed E-state index contributed by atoms with van der Waals surface area (Å²) in [6.45, 7) is 5.45. The normalized spacial score (nSPS) is 15.5. The van der Waals surface area contributed by atoms with Gasteiger partial charge in [0.1, 0.15) is 6.04 Å². The molecule has 1 amide bonds. The van der Waals surface area contributed by atoms with Crippen molar-refractivity contribution in [3.8, 4) is 0 Å². The van der Waals surface area contributed by atoms with E-state index in [9.17, 15) is 15.3 Å². The Labute approximate surface area is 222 Å². The topological polar surface area (TPSA) is 74.2 Å². The van der Waals surface area contributed by atoms with Crippen LogP contribution in [0.2, 0.25) is 0 Å². The number of fused-ring (bicyclic) bond motifs is 1. The van der Waals surface area contributed by atoms with E-state index < -0.39 is 11.5 Å². The maximum atomic E-state index is 14.0. The number of aliphatic hydroxyl groups excluding tert-OH is 1. The molecule has 0 bridgehead atoms. The van der Waals surface area contributed by atoms with Crippen LogP contribution in [0.25, 0.3) is 11.0 Å². The third-order valence-electron chi connectivity index (χ3n) is 7.51. The number of hydrogen-bond acceptors (Lipinski definition) is 3. The van der Waals surface area contributed by atoms with Gasteiger partial charge in [0.25, 0.3) is 0 Å². The number of alkyl halides is 1. The van der Waals surface area contributed by atoms with E-state index in [1.807, 2.05) is 40.3 Å². The highest BCUT2D eigenvalue weighted by Gasteiger charge is 2.46. The first-order valence-corrected chi connectivity index (χ1v) is 13.2. The molecule has 0 unspecified atom stereocenters. The molecule has 0 aliphatic carbocycles. The van der Waals surface area contributed by atoms with Crippen LogP contribution in [0.3, 0.4) is 0 Å². The van der Waals surface area contributed by atoms with Gasteiger partial charge >= 0.3 is 0 Å². The second-order valence-electron chi connectivity index (χ2n) is 10.4. The van der Waals surface area contributed by atoms with Crippen molar-refractivity contribution in [2.24, 2.45) is 5.41 Å². The maximum absolute atomic E-state index is 14.0. The van der Waals surface area contributed by atoms with Gasteiger partial charge in [-0.25, -0.2) is 0 Å². The fourth-order valence-corrected chi connectivity index (χ4v) is 5.45. The number of halogens is 1. The second kappa shape index (κ2) is 10.2. The van der Waals surface area contributed by atoms with Crippen molar-refractivity contribution in [1.82, 2.24) is 14.0 Å². The number of aliphatic hydroxyl groups is 1. The number of carbonyl (C=O) groups excluding carboxylic acids is 1. The first-order valence-electron chi connectivity index (χ1n) is 12.7. The van der Waals surface area contributed by atoms with E-state index in [0.29, 0.717) is 37.6 Å². The monoisotopic (exact) mass is 516 g/mol. The van der Waals surface area contributed by atoms with E-state index in [-0.39, 0.29) is 12.5 Å². The van der Waals surface area contributed by atoms with E-state index in [4.69, 9.17) is 11.6 Å². The number of aryl methyl sites for hydroxylation is 2. The first-order chi connectivity index (χ1) is 17.8. The molecule has 2 N–H and O–H groups in total. The third-order valence-corrected chi connectivity index (χ3v) is 8.07. The lowest BCUT2D eigenvalue weighted by Crippen LogP contribution is -2.62. The summed E-state index contributed by atoms with van der Waals surface area (Å²) < 4.78 is 3.85. The molecule has 192 valence electrons. The Kier molecular flexibility index (Phi) is 6.97. The largest absolute Gasteiger partial charge is 0.396 e. The van der Waals surface area contributed by atoms with Crippen LogP contribution in [-0.4, -0.2) is 50.6 Å². The number of carbonyl (C=O) groups is 1. The SMILES string of the molecule is Cc1ccc(C[C@@H](C(=O)N2CC(CO)(CCl)C2)n2c(=N)n(Cc3ccc(C)cc3)c3ccccc32)cc1. The zero-order chi connectivity index (χ0) is 26.2. The first kappa shape index (κ1) is 25.3. The minimum atomic E-state index is -0.591. The summed E-state index contributed by atoms with van der Waals surface area (Å²) in [6, 6.07) is 23.9. The van der Waals surface area contributed by atoms with Crippen molar-refractivity contribution in [3.05, 3.63) is 101 Å². The molecule has 1 aliphatic heterocycles. The molecule has 2 heterocycles. The van der Waals surface area contributed by atoms with E-state index in [1.165, 1.54) is 5.56 Å². The Bertz CT molecular complexity index is 1460. The minimum absolute atomic E-state index is 0.0460. The Hall–Kier alpha value is -3.35. The van der Waals surface area contributed by atoms with Crippen LogP contribution in [-0.2, 0) is 17.8 Å². The summed E-state index contributed by atoms with van der Waals surface area (Å²) in [5, 5.41) is 19.1. The number of nitrogens with one attached hydrogen (secondary N) is 1. The zero-order valence-corrected chi connectivity index (χ0v) is 22.1. The summed E-state index contributed by atoms with van der Waals surface area (Å²) in [4.78, 5) is 15.8. The van der Waals surface area contributed by atoms with Crippen LogP contribution in [0, 0.1) is 24.7 Å². The number of likely N-dealkylation sites (tertiary alicyclic amines) is 1. The molecule has 0 radical (unpaired) electrons. The molecule has 3 aromatic carbocycles. The molecule has 0 spiro atoms.